The molecule has 2 aromatic rings. The molecule has 0 fully saturated rings. The van der Waals surface area contributed by atoms with Gasteiger partial charge in [0.1, 0.15) is 12.4 Å². The third-order valence-corrected chi connectivity index (χ3v) is 4.60. The molecule has 0 bridgehead atoms. The maximum atomic E-state index is 11.9. The normalized spacial score (nSPS) is 13.1. The Morgan fingerprint density at radius 1 is 1.19 bits per heavy atom. The van der Waals surface area contributed by atoms with E-state index >= 15 is 0 Å². The number of methoxy groups -OCH3 is 1. The quantitative estimate of drug-likeness (QED) is 0.742. The molecule has 2 aromatic carbocycles. The lowest BCUT2D eigenvalue weighted by Gasteiger charge is -2.27. The van der Waals surface area contributed by atoms with Crippen molar-refractivity contribution in [2.24, 2.45) is 5.73 Å². The molecule has 0 aliphatic rings. The first-order valence-corrected chi connectivity index (χ1v) is 8.24. The van der Waals surface area contributed by atoms with Gasteiger partial charge in [-0.1, -0.05) is 29.3 Å². The van der Waals surface area contributed by atoms with Crippen molar-refractivity contribution in [3.63, 3.8) is 0 Å². The lowest BCUT2D eigenvalue weighted by Crippen LogP contribution is -2.40. The van der Waals surface area contributed by atoms with Crippen molar-refractivity contribution in [2.75, 3.05) is 7.11 Å². The molecular formula is C18H17Cl2NO5. The molecule has 0 aromatic heterocycles. The van der Waals surface area contributed by atoms with Crippen LogP contribution in [0.1, 0.15) is 28.4 Å². The van der Waals surface area contributed by atoms with Gasteiger partial charge in [0.2, 0.25) is 0 Å². The van der Waals surface area contributed by atoms with Gasteiger partial charge < -0.3 is 20.3 Å². The molecule has 0 aliphatic heterocycles. The van der Waals surface area contributed by atoms with E-state index in [-0.39, 0.29) is 23.5 Å². The molecule has 6 nitrogen and oxygen atoms in total. The highest BCUT2D eigenvalue weighted by atomic mass is 35.5. The summed E-state index contributed by atoms with van der Waals surface area (Å²) in [4.78, 5) is 23.2. The lowest BCUT2D eigenvalue weighted by atomic mass is 9.92. The molecule has 2 rings (SSSR count). The van der Waals surface area contributed by atoms with Crippen LogP contribution in [-0.2, 0) is 21.7 Å². The number of carboxylic acid groups (broad SMARTS) is 1. The fourth-order valence-electron chi connectivity index (χ4n) is 2.30. The summed E-state index contributed by atoms with van der Waals surface area (Å²) in [6.45, 7) is 1.52. The van der Waals surface area contributed by atoms with E-state index in [0.29, 0.717) is 15.6 Å². The Bertz CT molecular complexity index is 855. The number of ether oxygens (including phenoxy) is 2. The van der Waals surface area contributed by atoms with Crippen molar-refractivity contribution < 1.29 is 24.2 Å². The average Bonchev–Trinajstić information content (AvgIpc) is 2.59. The van der Waals surface area contributed by atoms with E-state index < -0.39 is 17.5 Å². The number of halogens is 2. The van der Waals surface area contributed by atoms with Gasteiger partial charge in [0, 0.05) is 28.3 Å². The average molecular weight is 398 g/mol. The van der Waals surface area contributed by atoms with Gasteiger partial charge >= 0.3 is 5.97 Å². The highest BCUT2D eigenvalue weighted by Crippen LogP contribution is 2.34. The van der Waals surface area contributed by atoms with Crippen molar-refractivity contribution in [3.8, 4) is 5.75 Å². The summed E-state index contributed by atoms with van der Waals surface area (Å²) in [7, 11) is 1.30. The minimum Gasteiger partial charge on any atom is -0.488 e. The zero-order chi connectivity index (χ0) is 19.5. The first-order valence-electron chi connectivity index (χ1n) is 7.48. The van der Waals surface area contributed by atoms with E-state index in [0.717, 1.165) is 0 Å². The molecule has 0 radical (unpaired) electrons. The van der Waals surface area contributed by atoms with E-state index in [1.807, 2.05) is 0 Å². The molecule has 1 atom stereocenters. The minimum atomic E-state index is -1.56. The third kappa shape index (κ3) is 4.09. The molecule has 0 heterocycles. The van der Waals surface area contributed by atoms with Gasteiger partial charge in [-0.15, -0.1) is 0 Å². The van der Waals surface area contributed by atoms with E-state index in [1.165, 1.54) is 32.2 Å². The van der Waals surface area contributed by atoms with Crippen LogP contribution in [0.2, 0.25) is 10.0 Å². The summed E-state index contributed by atoms with van der Waals surface area (Å²) in [6, 6.07) is 9.07. The molecule has 26 heavy (non-hydrogen) atoms. The summed E-state index contributed by atoms with van der Waals surface area (Å²) >= 11 is 12.0. The standard InChI is InChI=1S/C18H17Cl2NO5/c1-18(25-2,17(21)24)13-7-10(16(22)23)4-6-15(13)26-9-11-3-5-12(19)8-14(11)20/h3-8H,9H2,1-2H3,(H2,21,24)(H,22,23). The Balaban J connectivity index is 2.44. The first kappa shape index (κ1) is 20.0. The van der Waals surface area contributed by atoms with Crippen LogP contribution < -0.4 is 10.5 Å². The van der Waals surface area contributed by atoms with Crippen molar-refractivity contribution in [1.29, 1.82) is 0 Å². The number of carbonyl (C=O) groups is 2. The van der Waals surface area contributed by atoms with Crippen molar-refractivity contribution >= 4 is 35.1 Å². The number of hydrogen-bond donors (Lipinski definition) is 2. The van der Waals surface area contributed by atoms with Gasteiger partial charge in [0.15, 0.2) is 5.60 Å². The largest absolute Gasteiger partial charge is 0.488 e. The molecule has 0 saturated heterocycles. The van der Waals surface area contributed by atoms with Crippen molar-refractivity contribution in [3.05, 3.63) is 63.1 Å². The second-order valence-corrected chi connectivity index (χ2v) is 6.49. The predicted octanol–water partition coefficient (Wildman–Crippen LogP) is 3.62. The second-order valence-electron chi connectivity index (χ2n) is 5.64. The van der Waals surface area contributed by atoms with Gasteiger partial charge in [-0.05, 0) is 37.3 Å². The Hall–Kier alpha value is -2.28. The van der Waals surface area contributed by atoms with Crippen LogP contribution in [0.15, 0.2) is 36.4 Å². The number of primary amides is 1. The molecule has 138 valence electrons. The SMILES string of the molecule is COC(C)(C(N)=O)c1cc(C(=O)O)ccc1OCc1ccc(Cl)cc1Cl. The van der Waals surface area contributed by atoms with E-state index in [9.17, 15) is 14.7 Å². The number of rotatable bonds is 7. The number of hydrogen-bond acceptors (Lipinski definition) is 4. The Labute approximate surface area is 160 Å². The maximum absolute atomic E-state index is 11.9. The smallest absolute Gasteiger partial charge is 0.335 e. The van der Waals surface area contributed by atoms with Crippen LogP contribution in [0.5, 0.6) is 5.75 Å². The van der Waals surface area contributed by atoms with Crippen LogP contribution in [-0.4, -0.2) is 24.1 Å². The molecule has 0 saturated carbocycles. The Morgan fingerprint density at radius 2 is 1.88 bits per heavy atom. The molecule has 0 spiro atoms. The summed E-state index contributed by atoms with van der Waals surface area (Å²) in [5.41, 5.74) is 4.74. The van der Waals surface area contributed by atoms with Gasteiger partial charge in [-0.2, -0.15) is 0 Å². The fraction of sp³-hybridized carbons (Fsp3) is 0.222. The molecule has 1 amide bonds. The van der Waals surface area contributed by atoms with Gasteiger partial charge in [-0.25, -0.2) is 4.79 Å². The number of benzene rings is 2. The third-order valence-electron chi connectivity index (χ3n) is 4.02. The number of amides is 1. The zero-order valence-electron chi connectivity index (χ0n) is 14.1. The molecule has 0 aliphatic carbocycles. The van der Waals surface area contributed by atoms with Crippen molar-refractivity contribution in [1.82, 2.24) is 0 Å². The summed E-state index contributed by atoms with van der Waals surface area (Å²) < 4.78 is 11.0. The summed E-state index contributed by atoms with van der Waals surface area (Å²) in [6.07, 6.45) is 0. The molecule has 1 unspecified atom stereocenters. The van der Waals surface area contributed by atoms with Gasteiger partial charge in [-0.3, -0.25) is 4.79 Å². The van der Waals surface area contributed by atoms with Gasteiger partial charge in [0.25, 0.3) is 5.91 Å². The van der Waals surface area contributed by atoms with Crippen LogP contribution >= 0.6 is 23.2 Å². The van der Waals surface area contributed by atoms with Crippen LogP contribution in [0.3, 0.4) is 0 Å². The minimum absolute atomic E-state index is 0.0265. The summed E-state index contributed by atoms with van der Waals surface area (Å²) in [5, 5.41) is 10.1. The van der Waals surface area contributed by atoms with E-state index in [4.69, 9.17) is 38.4 Å². The summed E-state index contributed by atoms with van der Waals surface area (Å²) in [5.74, 6) is -1.68. The number of nitrogens with two attached hydrogens (primary N) is 1. The second kappa shape index (κ2) is 7.95. The van der Waals surface area contributed by atoms with Crippen molar-refractivity contribution in [2.45, 2.75) is 19.1 Å². The highest BCUT2D eigenvalue weighted by molar-refractivity contribution is 6.35. The Morgan fingerprint density at radius 3 is 2.42 bits per heavy atom. The number of carbonyl (C=O) groups excluding carboxylic acids is 1. The van der Waals surface area contributed by atoms with Crippen LogP contribution in [0.25, 0.3) is 0 Å². The molecule has 8 heteroatoms. The van der Waals surface area contributed by atoms with E-state index in [1.54, 1.807) is 18.2 Å². The van der Waals surface area contributed by atoms with E-state index in [2.05, 4.69) is 0 Å². The number of aromatic carboxylic acids is 1. The monoisotopic (exact) mass is 397 g/mol. The first-order chi connectivity index (χ1) is 12.2. The molecular weight excluding hydrogens is 381 g/mol. The Kier molecular flexibility index (Phi) is 6.13. The van der Waals surface area contributed by atoms with Gasteiger partial charge in [0.05, 0.1) is 5.56 Å². The van der Waals surface area contributed by atoms with Crippen LogP contribution in [0, 0.1) is 0 Å². The lowest BCUT2D eigenvalue weighted by molar-refractivity contribution is -0.139. The number of carboxylic acids is 1. The fourth-order valence-corrected chi connectivity index (χ4v) is 2.76. The van der Waals surface area contributed by atoms with Crippen LogP contribution in [0.4, 0.5) is 0 Å². The maximum Gasteiger partial charge on any atom is 0.335 e. The predicted molar refractivity (Wildman–Crippen MR) is 97.8 cm³/mol. The topological polar surface area (TPSA) is 98.9 Å². The highest BCUT2D eigenvalue weighted by Gasteiger charge is 2.36. The zero-order valence-corrected chi connectivity index (χ0v) is 15.6. The molecule has 3 N–H and O–H groups in total.